The van der Waals surface area contributed by atoms with Crippen molar-refractivity contribution in [2.45, 2.75) is 13.5 Å². The molecule has 0 radical (unpaired) electrons. The van der Waals surface area contributed by atoms with Gasteiger partial charge in [0, 0.05) is 22.9 Å². The Balaban J connectivity index is 1.47. The highest BCUT2D eigenvalue weighted by atomic mass is 35.5. The minimum absolute atomic E-state index is 0.282. The van der Waals surface area contributed by atoms with Crippen molar-refractivity contribution in [1.82, 2.24) is 19.9 Å². The number of halogens is 1. The second-order valence-electron chi connectivity index (χ2n) is 6.78. The lowest BCUT2D eigenvalue weighted by molar-refractivity contribution is -0.111. The maximum absolute atomic E-state index is 12.4. The second kappa shape index (κ2) is 8.85. The quantitative estimate of drug-likeness (QED) is 0.447. The number of carbonyl (C=O) groups is 1. The lowest BCUT2D eigenvalue weighted by Gasteiger charge is -2.04. The number of aryl methyl sites for hydroxylation is 1. The van der Waals surface area contributed by atoms with E-state index in [0.29, 0.717) is 28.5 Å². The van der Waals surface area contributed by atoms with E-state index in [1.54, 1.807) is 35.0 Å². The van der Waals surface area contributed by atoms with Crippen molar-refractivity contribution in [2.24, 2.45) is 0 Å². The van der Waals surface area contributed by atoms with Crippen LogP contribution in [0.2, 0.25) is 5.15 Å². The maximum Gasteiger partial charge on any atom is 0.439 e. The fourth-order valence-electron chi connectivity index (χ4n) is 3.06. The van der Waals surface area contributed by atoms with E-state index in [-0.39, 0.29) is 11.7 Å². The van der Waals surface area contributed by atoms with Crippen LogP contribution in [-0.2, 0) is 11.3 Å². The molecule has 0 saturated carbocycles. The second-order valence-corrected chi connectivity index (χ2v) is 7.14. The molecule has 1 amide bonds. The summed E-state index contributed by atoms with van der Waals surface area (Å²) >= 11 is 6.49. The molecule has 2 heterocycles. The van der Waals surface area contributed by atoms with Crippen LogP contribution < -0.4 is 11.1 Å². The van der Waals surface area contributed by atoms with Crippen molar-refractivity contribution >= 4 is 29.3 Å². The molecule has 0 atom stereocenters. The van der Waals surface area contributed by atoms with Gasteiger partial charge in [-0.1, -0.05) is 59.2 Å². The summed E-state index contributed by atoms with van der Waals surface area (Å²) in [4.78, 5) is 26.0. The summed E-state index contributed by atoms with van der Waals surface area (Å²) in [6.07, 6.45) is 3.04. The first-order chi connectivity index (χ1) is 15.0. The summed E-state index contributed by atoms with van der Waals surface area (Å²) < 4.78 is 6.21. The van der Waals surface area contributed by atoms with Crippen LogP contribution in [0.5, 0.6) is 0 Å². The van der Waals surface area contributed by atoms with Crippen molar-refractivity contribution in [3.8, 4) is 11.4 Å². The van der Waals surface area contributed by atoms with E-state index in [1.807, 2.05) is 37.3 Å². The predicted octanol–water partition coefficient (Wildman–Crippen LogP) is 3.89. The molecular weight excluding hydrogens is 418 g/mol. The van der Waals surface area contributed by atoms with Crippen molar-refractivity contribution in [3.63, 3.8) is 0 Å². The zero-order valence-corrected chi connectivity index (χ0v) is 17.3. The molecule has 156 valence electrons. The highest BCUT2D eigenvalue weighted by Crippen LogP contribution is 2.23. The predicted molar refractivity (Wildman–Crippen MR) is 118 cm³/mol. The van der Waals surface area contributed by atoms with E-state index in [2.05, 4.69) is 25.1 Å². The minimum atomic E-state index is -0.646. The van der Waals surface area contributed by atoms with Gasteiger partial charge in [0.1, 0.15) is 5.15 Å². The van der Waals surface area contributed by atoms with Gasteiger partial charge in [0.2, 0.25) is 5.91 Å². The topological polar surface area (TPSA) is 106 Å². The molecule has 0 aliphatic rings. The summed E-state index contributed by atoms with van der Waals surface area (Å²) in [5, 5.41) is 11.3. The molecule has 4 rings (SSSR count). The Hall–Kier alpha value is -3.91. The van der Waals surface area contributed by atoms with E-state index >= 15 is 0 Å². The first-order valence-electron chi connectivity index (χ1n) is 9.42. The molecule has 0 bridgehead atoms. The fraction of sp³-hybridized carbons (Fsp3) is 0.0909. The molecule has 4 aromatic rings. The number of benzene rings is 2. The molecule has 9 heteroatoms. The lowest BCUT2D eigenvalue weighted by atomic mass is 10.2. The van der Waals surface area contributed by atoms with Gasteiger partial charge in [-0.25, -0.2) is 9.48 Å². The summed E-state index contributed by atoms with van der Waals surface area (Å²) in [7, 11) is 0. The third-order valence-electron chi connectivity index (χ3n) is 4.53. The van der Waals surface area contributed by atoms with Gasteiger partial charge in [0.15, 0.2) is 5.82 Å². The number of hydrogen-bond acceptors (Lipinski definition) is 5. The highest BCUT2D eigenvalue weighted by Gasteiger charge is 2.12. The number of amides is 1. The number of carbonyl (C=O) groups excluding carboxylic acids is 1. The van der Waals surface area contributed by atoms with Crippen molar-refractivity contribution in [1.29, 1.82) is 0 Å². The zero-order chi connectivity index (χ0) is 21.8. The monoisotopic (exact) mass is 435 g/mol. The molecule has 31 heavy (non-hydrogen) atoms. The van der Waals surface area contributed by atoms with Crippen LogP contribution in [-0.4, -0.2) is 25.8 Å². The van der Waals surface area contributed by atoms with Gasteiger partial charge in [-0.15, -0.1) is 0 Å². The third kappa shape index (κ3) is 4.81. The van der Waals surface area contributed by atoms with Gasteiger partial charge in [-0.05, 0) is 30.7 Å². The first-order valence-corrected chi connectivity index (χ1v) is 9.80. The molecular formula is C22H18ClN5O3. The van der Waals surface area contributed by atoms with Crippen molar-refractivity contribution in [2.75, 3.05) is 5.32 Å². The van der Waals surface area contributed by atoms with Crippen LogP contribution >= 0.6 is 11.6 Å². The number of rotatable bonds is 6. The highest BCUT2D eigenvalue weighted by molar-refractivity contribution is 6.31. The van der Waals surface area contributed by atoms with Gasteiger partial charge in [-0.2, -0.15) is 5.10 Å². The van der Waals surface area contributed by atoms with Crippen LogP contribution in [0, 0.1) is 6.92 Å². The fourth-order valence-corrected chi connectivity index (χ4v) is 3.36. The van der Waals surface area contributed by atoms with Crippen LogP contribution in [0.1, 0.15) is 16.8 Å². The molecule has 8 nitrogen and oxygen atoms in total. The molecule has 2 N–H and O–H groups in total. The number of hydrogen-bond donors (Lipinski definition) is 2. The zero-order valence-electron chi connectivity index (χ0n) is 16.5. The van der Waals surface area contributed by atoms with E-state index in [0.717, 1.165) is 11.3 Å². The van der Waals surface area contributed by atoms with Gasteiger partial charge < -0.3 is 5.32 Å². The van der Waals surface area contributed by atoms with Crippen LogP contribution in [0.25, 0.3) is 17.5 Å². The van der Waals surface area contributed by atoms with Gasteiger partial charge in [0.05, 0.1) is 12.2 Å². The van der Waals surface area contributed by atoms with Gasteiger partial charge in [-0.3, -0.25) is 14.3 Å². The largest absolute Gasteiger partial charge is 0.439 e. The van der Waals surface area contributed by atoms with Gasteiger partial charge >= 0.3 is 5.76 Å². The summed E-state index contributed by atoms with van der Waals surface area (Å²) in [5.41, 5.74) is 3.63. The smallest absolute Gasteiger partial charge is 0.322 e. The number of H-pyrrole nitrogens is 1. The average Bonchev–Trinajstić information content (AvgIpc) is 3.31. The molecule has 2 aromatic heterocycles. The Bertz CT molecular complexity index is 1300. The van der Waals surface area contributed by atoms with Crippen LogP contribution in [0.15, 0.2) is 70.0 Å². The number of aromatic nitrogens is 4. The van der Waals surface area contributed by atoms with E-state index in [1.165, 1.54) is 6.08 Å². The SMILES string of the molecule is Cc1nn(Cc2ccccc2)c(Cl)c1/C=C/C(=O)Nc1cccc(-c2noc(=O)[nH]2)c1. The lowest BCUT2D eigenvalue weighted by Crippen LogP contribution is -2.07. The first kappa shape index (κ1) is 20.4. The van der Waals surface area contributed by atoms with E-state index in [4.69, 9.17) is 11.6 Å². The van der Waals surface area contributed by atoms with Gasteiger partial charge in [0.25, 0.3) is 0 Å². The number of nitrogens with one attached hydrogen (secondary N) is 2. The molecule has 0 spiro atoms. The average molecular weight is 436 g/mol. The molecule has 0 unspecified atom stereocenters. The van der Waals surface area contributed by atoms with E-state index in [9.17, 15) is 9.59 Å². The number of anilines is 1. The van der Waals surface area contributed by atoms with E-state index < -0.39 is 5.76 Å². The van der Waals surface area contributed by atoms with Crippen molar-refractivity contribution in [3.05, 3.63) is 93.2 Å². The van der Waals surface area contributed by atoms with Crippen LogP contribution in [0.4, 0.5) is 5.69 Å². The molecule has 0 fully saturated rings. The Morgan fingerprint density at radius 3 is 2.77 bits per heavy atom. The third-order valence-corrected chi connectivity index (χ3v) is 4.93. The van der Waals surface area contributed by atoms with Crippen molar-refractivity contribution < 1.29 is 9.32 Å². The standard InChI is InChI=1S/C22H18ClN5O3/c1-14-18(20(23)28(26-14)13-15-6-3-2-4-7-15)10-11-19(29)24-17-9-5-8-16(12-17)21-25-22(30)31-27-21/h2-12H,13H2,1H3,(H,24,29)(H,25,27,30)/b11-10+. The number of nitrogens with zero attached hydrogens (tertiary/aromatic N) is 3. The Morgan fingerprint density at radius 2 is 2.03 bits per heavy atom. The van der Waals surface area contributed by atoms with Crippen LogP contribution in [0.3, 0.4) is 0 Å². The molecule has 0 aliphatic carbocycles. The molecule has 2 aromatic carbocycles. The summed E-state index contributed by atoms with van der Waals surface area (Å²) in [5.74, 6) is -0.700. The molecule has 0 aliphatic heterocycles. The Kier molecular flexibility index (Phi) is 5.81. The normalized spacial score (nSPS) is 11.2. The maximum atomic E-state index is 12.4. The summed E-state index contributed by atoms with van der Waals surface area (Å²) in [6, 6.07) is 16.7. The number of aromatic amines is 1. The molecule has 0 saturated heterocycles. The summed E-state index contributed by atoms with van der Waals surface area (Å²) in [6.45, 7) is 2.38. The Labute approximate surface area is 182 Å². The minimum Gasteiger partial charge on any atom is -0.322 e. The Morgan fingerprint density at radius 1 is 1.23 bits per heavy atom.